The lowest BCUT2D eigenvalue weighted by atomic mass is 9.84. The lowest BCUT2D eigenvalue weighted by Gasteiger charge is -2.39. The van der Waals surface area contributed by atoms with Crippen LogP contribution in [0.3, 0.4) is 0 Å². The largest absolute Gasteiger partial charge is 0.399 e. The Labute approximate surface area is 264 Å². The van der Waals surface area contributed by atoms with Gasteiger partial charge in [0.1, 0.15) is 12.9 Å². The van der Waals surface area contributed by atoms with Gasteiger partial charge in [-0.05, 0) is 68.1 Å². The van der Waals surface area contributed by atoms with Crippen LogP contribution in [-0.4, -0.2) is 85.9 Å². The fourth-order valence-electron chi connectivity index (χ4n) is 5.61. The molecule has 43 heavy (non-hydrogen) atoms. The summed E-state index contributed by atoms with van der Waals surface area (Å²) in [5, 5.41) is 16.7. The number of pyridine rings is 1. The SMILES string of the molecule is CO/N=C(\CN(C)C(=O)c1cc(C)nc(N(C)C)c1)C(CCN1CCC(O)(c2ccccc2)CC1)c1ccc(Cl)c(Cl)c1. The van der Waals surface area contributed by atoms with E-state index in [4.69, 9.17) is 28.0 Å². The summed E-state index contributed by atoms with van der Waals surface area (Å²) in [5.41, 5.74) is 3.12. The highest BCUT2D eigenvalue weighted by molar-refractivity contribution is 6.42. The van der Waals surface area contributed by atoms with Gasteiger partial charge in [-0.2, -0.15) is 0 Å². The predicted molar refractivity (Wildman–Crippen MR) is 175 cm³/mol. The quantitative estimate of drug-likeness (QED) is 0.208. The Balaban J connectivity index is 1.53. The smallest absolute Gasteiger partial charge is 0.254 e. The summed E-state index contributed by atoms with van der Waals surface area (Å²) in [6.45, 7) is 4.44. The first-order valence-corrected chi connectivity index (χ1v) is 15.2. The van der Waals surface area contributed by atoms with Gasteiger partial charge in [0.05, 0.1) is 27.9 Å². The number of amides is 1. The number of halogens is 2. The average molecular weight is 627 g/mol. The average Bonchev–Trinajstić information content (AvgIpc) is 2.99. The Hall–Kier alpha value is -3.17. The minimum absolute atomic E-state index is 0.137. The molecule has 1 atom stereocenters. The molecule has 1 aromatic heterocycles. The van der Waals surface area contributed by atoms with E-state index in [1.807, 2.05) is 68.4 Å². The summed E-state index contributed by atoms with van der Waals surface area (Å²) in [4.78, 5) is 29.3. The Morgan fingerprint density at radius 2 is 1.77 bits per heavy atom. The number of nitrogens with zero attached hydrogens (tertiary/aromatic N) is 5. The normalized spacial score (nSPS) is 16.0. The summed E-state index contributed by atoms with van der Waals surface area (Å²) >= 11 is 12.7. The van der Waals surface area contributed by atoms with Crippen LogP contribution in [0.25, 0.3) is 0 Å². The van der Waals surface area contributed by atoms with E-state index in [1.54, 1.807) is 30.1 Å². The van der Waals surface area contributed by atoms with Crippen LogP contribution in [0.15, 0.2) is 65.8 Å². The van der Waals surface area contributed by atoms with E-state index in [9.17, 15) is 9.90 Å². The third kappa shape index (κ3) is 8.26. The minimum Gasteiger partial charge on any atom is -0.399 e. The zero-order chi connectivity index (χ0) is 31.1. The first-order valence-electron chi connectivity index (χ1n) is 14.5. The molecule has 10 heteroatoms. The number of anilines is 1. The van der Waals surface area contributed by atoms with E-state index >= 15 is 0 Å². The summed E-state index contributed by atoms with van der Waals surface area (Å²) < 4.78 is 0. The lowest BCUT2D eigenvalue weighted by Crippen LogP contribution is -2.43. The summed E-state index contributed by atoms with van der Waals surface area (Å²) in [6.07, 6.45) is 2.03. The summed E-state index contributed by atoms with van der Waals surface area (Å²) in [7, 11) is 7.07. The minimum atomic E-state index is -0.815. The van der Waals surface area contributed by atoms with E-state index in [1.165, 1.54) is 7.11 Å². The van der Waals surface area contributed by atoms with Gasteiger partial charge in [-0.25, -0.2) is 4.98 Å². The Morgan fingerprint density at radius 3 is 2.40 bits per heavy atom. The van der Waals surface area contributed by atoms with Gasteiger partial charge in [-0.3, -0.25) is 4.79 Å². The third-order valence-electron chi connectivity index (χ3n) is 8.08. The van der Waals surface area contributed by atoms with Gasteiger partial charge in [0.15, 0.2) is 0 Å². The van der Waals surface area contributed by atoms with Gasteiger partial charge in [0.2, 0.25) is 0 Å². The number of aromatic nitrogens is 1. The molecule has 0 saturated carbocycles. The molecule has 0 radical (unpaired) electrons. The lowest BCUT2D eigenvalue weighted by molar-refractivity contribution is -0.0261. The molecule has 2 aromatic carbocycles. The molecule has 1 aliphatic rings. The molecule has 0 aliphatic carbocycles. The number of hydrogen-bond donors (Lipinski definition) is 1. The van der Waals surface area contributed by atoms with Crippen molar-refractivity contribution in [3.8, 4) is 0 Å². The third-order valence-corrected chi connectivity index (χ3v) is 8.82. The Morgan fingerprint density at radius 1 is 1.07 bits per heavy atom. The van der Waals surface area contributed by atoms with Gasteiger partial charge < -0.3 is 24.6 Å². The van der Waals surface area contributed by atoms with Crippen molar-refractivity contribution < 1.29 is 14.7 Å². The van der Waals surface area contributed by atoms with E-state index in [0.29, 0.717) is 40.6 Å². The van der Waals surface area contributed by atoms with Crippen molar-refractivity contribution in [2.75, 3.05) is 59.3 Å². The molecule has 1 aliphatic heterocycles. The maximum absolute atomic E-state index is 13.6. The summed E-state index contributed by atoms with van der Waals surface area (Å²) in [5.74, 6) is 0.398. The monoisotopic (exact) mass is 625 g/mol. The fourth-order valence-corrected chi connectivity index (χ4v) is 5.92. The van der Waals surface area contributed by atoms with Crippen LogP contribution in [0, 0.1) is 6.92 Å². The van der Waals surface area contributed by atoms with E-state index in [-0.39, 0.29) is 18.4 Å². The topological polar surface area (TPSA) is 81.5 Å². The predicted octanol–water partition coefficient (Wildman–Crippen LogP) is 5.99. The van der Waals surface area contributed by atoms with Gasteiger partial charge in [-0.1, -0.05) is 64.8 Å². The van der Waals surface area contributed by atoms with Gasteiger partial charge in [-0.15, -0.1) is 0 Å². The number of benzene rings is 2. The highest BCUT2D eigenvalue weighted by Crippen LogP contribution is 2.34. The number of aryl methyl sites for hydroxylation is 1. The molecule has 230 valence electrons. The molecular formula is C33H41Cl2N5O3. The van der Waals surface area contributed by atoms with Crippen LogP contribution in [0.5, 0.6) is 0 Å². The van der Waals surface area contributed by atoms with Crippen molar-refractivity contribution in [1.29, 1.82) is 0 Å². The highest BCUT2D eigenvalue weighted by atomic mass is 35.5. The highest BCUT2D eigenvalue weighted by Gasteiger charge is 2.34. The number of piperidine rings is 1. The molecule has 0 spiro atoms. The second-order valence-corrected chi connectivity index (χ2v) is 12.2. The van der Waals surface area contributed by atoms with Gasteiger partial charge in [0.25, 0.3) is 5.91 Å². The maximum Gasteiger partial charge on any atom is 0.254 e. The van der Waals surface area contributed by atoms with Crippen molar-refractivity contribution in [3.63, 3.8) is 0 Å². The Kier molecular flexibility index (Phi) is 11.1. The molecule has 1 N–H and O–H groups in total. The molecule has 1 fully saturated rings. The molecule has 8 nitrogen and oxygen atoms in total. The maximum atomic E-state index is 13.6. The molecule has 0 bridgehead atoms. The van der Waals surface area contributed by atoms with Crippen molar-refractivity contribution in [3.05, 3.63) is 93.1 Å². The molecule has 1 amide bonds. The van der Waals surface area contributed by atoms with Crippen molar-refractivity contribution in [2.45, 2.75) is 37.7 Å². The molecular weight excluding hydrogens is 585 g/mol. The molecule has 1 saturated heterocycles. The first kappa shape index (κ1) is 32.7. The molecule has 1 unspecified atom stereocenters. The number of rotatable bonds is 11. The van der Waals surface area contributed by atoms with Crippen molar-refractivity contribution >= 4 is 40.6 Å². The number of hydrogen-bond acceptors (Lipinski definition) is 7. The fraction of sp³-hybridized carbons (Fsp3) is 0.424. The van der Waals surface area contributed by atoms with E-state index in [0.717, 1.165) is 42.3 Å². The van der Waals surface area contributed by atoms with Gasteiger partial charge in [0, 0.05) is 51.4 Å². The van der Waals surface area contributed by atoms with Crippen LogP contribution in [0.2, 0.25) is 10.0 Å². The number of carbonyl (C=O) groups is 1. The van der Waals surface area contributed by atoms with Gasteiger partial charge >= 0.3 is 0 Å². The second-order valence-electron chi connectivity index (χ2n) is 11.4. The molecule has 2 heterocycles. The van der Waals surface area contributed by atoms with Crippen LogP contribution in [-0.2, 0) is 10.4 Å². The Bertz CT molecular complexity index is 1430. The van der Waals surface area contributed by atoms with Crippen LogP contribution >= 0.6 is 23.2 Å². The standard InChI is InChI=1S/C33H41Cl2N5O3/c1-23-19-25(21-31(36-23)38(2)3)32(41)39(4)22-30(37-43-5)27(24-11-12-28(34)29(35)20-24)13-16-40-17-14-33(42,15-18-40)26-9-7-6-8-10-26/h6-12,19-21,27,42H,13-18,22H2,1-5H3/b37-30+. The zero-order valence-electron chi connectivity index (χ0n) is 25.6. The number of likely N-dealkylation sites (tertiary alicyclic amines) is 1. The van der Waals surface area contributed by atoms with Crippen LogP contribution in [0.1, 0.15) is 52.4 Å². The van der Waals surface area contributed by atoms with Crippen LogP contribution in [0.4, 0.5) is 5.82 Å². The molecule has 3 aromatic rings. The van der Waals surface area contributed by atoms with Crippen molar-refractivity contribution in [1.82, 2.24) is 14.8 Å². The second kappa shape index (κ2) is 14.5. The number of carbonyl (C=O) groups excluding carboxylic acids is 1. The molecule has 4 rings (SSSR count). The van der Waals surface area contributed by atoms with E-state index in [2.05, 4.69) is 15.0 Å². The number of aliphatic hydroxyl groups is 1. The number of oxime groups is 1. The zero-order valence-corrected chi connectivity index (χ0v) is 27.1. The van der Waals surface area contributed by atoms with Crippen molar-refractivity contribution in [2.24, 2.45) is 5.16 Å². The van der Waals surface area contributed by atoms with Crippen LogP contribution < -0.4 is 4.90 Å². The first-order chi connectivity index (χ1) is 20.5. The summed E-state index contributed by atoms with van der Waals surface area (Å²) in [6, 6.07) is 19.1. The van der Waals surface area contributed by atoms with E-state index < -0.39 is 5.60 Å².